The second-order valence-corrected chi connectivity index (χ2v) is 4.85. The van der Waals surface area contributed by atoms with Gasteiger partial charge in [-0.3, -0.25) is 4.79 Å². The van der Waals surface area contributed by atoms with E-state index in [9.17, 15) is 4.79 Å². The van der Waals surface area contributed by atoms with Crippen molar-refractivity contribution in [2.24, 2.45) is 11.8 Å². The molecule has 0 radical (unpaired) electrons. The summed E-state index contributed by atoms with van der Waals surface area (Å²) in [6.45, 7) is 5.64. The van der Waals surface area contributed by atoms with Crippen LogP contribution in [-0.4, -0.2) is 18.4 Å². The van der Waals surface area contributed by atoms with E-state index in [-0.39, 0.29) is 5.78 Å². The number of rotatable bonds is 1. The number of nitrogens with one attached hydrogen (secondary N) is 1. The van der Waals surface area contributed by atoms with Crippen LogP contribution < -0.4 is 5.32 Å². The van der Waals surface area contributed by atoms with Gasteiger partial charge in [0.25, 0.3) is 0 Å². The fraction of sp³-hybridized carbons (Fsp3) is 0.615. The Labute approximate surface area is 91.4 Å². The van der Waals surface area contributed by atoms with E-state index in [0.29, 0.717) is 18.4 Å². The Morgan fingerprint density at radius 1 is 1.33 bits per heavy atom. The van der Waals surface area contributed by atoms with Crippen LogP contribution in [-0.2, 0) is 4.79 Å². The van der Waals surface area contributed by atoms with Crippen LogP contribution in [0.15, 0.2) is 23.8 Å². The average molecular weight is 205 g/mol. The van der Waals surface area contributed by atoms with Gasteiger partial charge < -0.3 is 5.32 Å². The quantitative estimate of drug-likeness (QED) is 0.710. The number of allylic oxidation sites excluding steroid dienone is 3. The third kappa shape index (κ3) is 2.37. The summed E-state index contributed by atoms with van der Waals surface area (Å²) in [6, 6.07) is 0.533. The lowest BCUT2D eigenvalue weighted by molar-refractivity contribution is -0.113. The van der Waals surface area contributed by atoms with Gasteiger partial charge >= 0.3 is 0 Å². The Bertz CT molecular complexity index is 316. The minimum absolute atomic E-state index is 0.225. The van der Waals surface area contributed by atoms with Crippen molar-refractivity contribution >= 4 is 5.78 Å². The first-order valence-electron chi connectivity index (χ1n) is 5.81. The predicted octanol–water partition coefficient (Wildman–Crippen LogP) is 2.08. The second kappa shape index (κ2) is 4.31. The van der Waals surface area contributed by atoms with E-state index in [4.69, 9.17) is 0 Å². The van der Waals surface area contributed by atoms with Crippen molar-refractivity contribution in [2.75, 3.05) is 6.54 Å². The fourth-order valence-electron chi connectivity index (χ4n) is 2.49. The summed E-state index contributed by atoms with van der Waals surface area (Å²) >= 11 is 0. The monoisotopic (exact) mass is 205 g/mol. The van der Waals surface area contributed by atoms with Gasteiger partial charge in [0.05, 0.1) is 0 Å². The topological polar surface area (TPSA) is 29.1 Å². The molecular weight excluding hydrogens is 186 g/mol. The van der Waals surface area contributed by atoms with Crippen molar-refractivity contribution in [1.29, 1.82) is 0 Å². The van der Waals surface area contributed by atoms with E-state index < -0.39 is 0 Å². The molecule has 1 aliphatic carbocycles. The maximum atomic E-state index is 11.1. The van der Waals surface area contributed by atoms with E-state index in [1.165, 1.54) is 12.0 Å². The predicted molar refractivity (Wildman–Crippen MR) is 61.6 cm³/mol. The molecule has 0 amide bonds. The average Bonchev–Trinajstić information content (AvgIpc) is 2.23. The molecule has 0 saturated carbocycles. The molecule has 0 aromatic heterocycles. The highest BCUT2D eigenvalue weighted by molar-refractivity contribution is 5.92. The van der Waals surface area contributed by atoms with Gasteiger partial charge in [0.2, 0.25) is 0 Å². The van der Waals surface area contributed by atoms with Gasteiger partial charge in [0, 0.05) is 12.5 Å². The van der Waals surface area contributed by atoms with Crippen LogP contribution >= 0.6 is 0 Å². The molecule has 1 fully saturated rings. The van der Waals surface area contributed by atoms with Gasteiger partial charge in [0.1, 0.15) is 0 Å². The van der Waals surface area contributed by atoms with Crippen LogP contribution in [0.2, 0.25) is 0 Å². The zero-order valence-electron chi connectivity index (χ0n) is 9.49. The molecule has 2 rings (SSSR count). The first-order chi connectivity index (χ1) is 7.16. The maximum Gasteiger partial charge on any atom is 0.159 e. The molecule has 2 heteroatoms. The Hall–Kier alpha value is -0.890. The van der Waals surface area contributed by atoms with Crippen molar-refractivity contribution < 1.29 is 4.79 Å². The number of piperidine rings is 1. The molecule has 3 unspecified atom stereocenters. The Kier molecular flexibility index (Phi) is 3.06. The van der Waals surface area contributed by atoms with Crippen LogP contribution in [0.5, 0.6) is 0 Å². The van der Waals surface area contributed by atoms with Gasteiger partial charge in [-0.2, -0.15) is 0 Å². The molecule has 0 aromatic rings. The van der Waals surface area contributed by atoms with Crippen LogP contribution in [0.4, 0.5) is 0 Å². The summed E-state index contributed by atoms with van der Waals surface area (Å²) in [7, 11) is 0. The molecule has 1 heterocycles. The molecule has 1 N–H and O–H groups in total. The Balaban J connectivity index is 2.09. The summed E-state index contributed by atoms with van der Waals surface area (Å²) in [4.78, 5) is 11.1. The van der Waals surface area contributed by atoms with Crippen molar-refractivity contribution in [1.82, 2.24) is 5.32 Å². The summed E-state index contributed by atoms with van der Waals surface area (Å²) in [6.07, 6.45) is 7.65. The third-order valence-corrected chi connectivity index (χ3v) is 3.48. The van der Waals surface area contributed by atoms with Gasteiger partial charge in [-0.15, -0.1) is 0 Å². The second-order valence-electron chi connectivity index (χ2n) is 4.85. The van der Waals surface area contributed by atoms with Gasteiger partial charge in [-0.1, -0.05) is 19.1 Å². The lowest BCUT2D eigenvalue weighted by atomic mass is 9.79. The highest BCUT2D eigenvalue weighted by Crippen LogP contribution is 2.29. The summed E-state index contributed by atoms with van der Waals surface area (Å²) < 4.78 is 0. The Morgan fingerprint density at radius 3 is 2.80 bits per heavy atom. The number of ketones is 1. The highest BCUT2D eigenvalue weighted by atomic mass is 16.1. The zero-order chi connectivity index (χ0) is 10.8. The molecule has 15 heavy (non-hydrogen) atoms. The summed E-state index contributed by atoms with van der Waals surface area (Å²) in [5.41, 5.74) is 1.35. The van der Waals surface area contributed by atoms with Crippen LogP contribution in [0.3, 0.4) is 0 Å². The first-order valence-corrected chi connectivity index (χ1v) is 5.81. The van der Waals surface area contributed by atoms with E-state index in [1.54, 1.807) is 6.08 Å². The molecule has 0 aromatic carbocycles. The number of hydrogen-bond acceptors (Lipinski definition) is 2. The van der Waals surface area contributed by atoms with Crippen molar-refractivity contribution in [3.05, 3.63) is 23.8 Å². The molecule has 3 atom stereocenters. The van der Waals surface area contributed by atoms with Gasteiger partial charge in [-0.25, -0.2) is 0 Å². The van der Waals surface area contributed by atoms with Crippen LogP contribution in [0, 0.1) is 11.8 Å². The standard InChI is InChI=1S/C13H19NO/c1-9-7-13(10(2)14-8-9)11-3-5-12(15)6-4-11/h3-5,9-10,13-14H,6-8H2,1-2H3. The number of carbonyl (C=O) groups excluding carboxylic acids is 1. The first kappa shape index (κ1) is 10.6. The molecule has 0 spiro atoms. The van der Waals surface area contributed by atoms with Gasteiger partial charge in [0.15, 0.2) is 5.78 Å². The minimum Gasteiger partial charge on any atom is -0.313 e. The molecule has 2 aliphatic rings. The van der Waals surface area contributed by atoms with E-state index in [0.717, 1.165) is 12.5 Å². The van der Waals surface area contributed by atoms with Crippen molar-refractivity contribution in [3.63, 3.8) is 0 Å². The molecule has 2 nitrogen and oxygen atoms in total. The Morgan fingerprint density at radius 2 is 2.13 bits per heavy atom. The van der Waals surface area contributed by atoms with Gasteiger partial charge in [-0.05, 0) is 43.4 Å². The molecule has 0 bridgehead atoms. The SMILES string of the molecule is CC1CNC(C)C(C2=CCC(=O)C=C2)C1. The molecule has 1 aliphatic heterocycles. The zero-order valence-corrected chi connectivity index (χ0v) is 9.49. The van der Waals surface area contributed by atoms with Crippen molar-refractivity contribution in [3.8, 4) is 0 Å². The van der Waals surface area contributed by atoms with Crippen molar-refractivity contribution in [2.45, 2.75) is 32.7 Å². The maximum absolute atomic E-state index is 11.1. The van der Waals surface area contributed by atoms with E-state index >= 15 is 0 Å². The van der Waals surface area contributed by atoms with E-state index in [2.05, 4.69) is 25.2 Å². The molecule has 1 saturated heterocycles. The van der Waals surface area contributed by atoms with Crippen LogP contribution in [0.25, 0.3) is 0 Å². The normalized spacial score (nSPS) is 36.5. The summed E-state index contributed by atoms with van der Waals surface area (Å²) in [5, 5.41) is 3.53. The minimum atomic E-state index is 0.225. The molecule has 82 valence electrons. The fourth-order valence-corrected chi connectivity index (χ4v) is 2.49. The third-order valence-electron chi connectivity index (χ3n) is 3.48. The lowest BCUT2D eigenvalue weighted by Crippen LogP contribution is -2.43. The smallest absolute Gasteiger partial charge is 0.159 e. The van der Waals surface area contributed by atoms with E-state index in [1.807, 2.05) is 6.08 Å². The largest absolute Gasteiger partial charge is 0.313 e. The number of carbonyl (C=O) groups is 1. The highest BCUT2D eigenvalue weighted by Gasteiger charge is 2.27. The van der Waals surface area contributed by atoms with Crippen LogP contribution in [0.1, 0.15) is 26.7 Å². The summed E-state index contributed by atoms with van der Waals surface area (Å²) in [5.74, 6) is 1.54. The number of hydrogen-bond donors (Lipinski definition) is 1. The lowest BCUT2D eigenvalue weighted by Gasteiger charge is -2.35. The molecular formula is C13H19NO.